The molecule has 1 aromatic heterocycles. The van der Waals surface area contributed by atoms with Gasteiger partial charge in [-0.15, -0.1) is 0 Å². The predicted molar refractivity (Wildman–Crippen MR) is 73.0 cm³/mol. The predicted octanol–water partition coefficient (Wildman–Crippen LogP) is 2.62. The summed E-state index contributed by atoms with van der Waals surface area (Å²) in [6.07, 6.45) is 7.79. The topological polar surface area (TPSA) is 29.9 Å². The Balaban J connectivity index is 2.05. The lowest BCUT2D eigenvalue weighted by Crippen LogP contribution is -2.25. The molecule has 17 heavy (non-hydrogen) atoms. The van der Waals surface area contributed by atoms with Crippen LogP contribution in [0.25, 0.3) is 0 Å². The third-order valence-corrected chi connectivity index (χ3v) is 2.97. The van der Waals surface area contributed by atoms with E-state index in [-0.39, 0.29) is 0 Å². The first-order valence-electron chi connectivity index (χ1n) is 6.76. The Kier molecular flexibility index (Phi) is 6.27. The quantitative estimate of drug-likeness (QED) is 0.753. The lowest BCUT2D eigenvalue weighted by molar-refractivity contribution is 0.444. The number of hydrogen-bond acceptors (Lipinski definition) is 2. The van der Waals surface area contributed by atoms with Gasteiger partial charge in [0.1, 0.15) is 0 Å². The molecule has 1 heterocycles. The molecule has 0 saturated heterocycles. The van der Waals surface area contributed by atoms with Gasteiger partial charge in [0.2, 0.25) is 0 Å². The molecule has 0 fully saturated rings. The molecule has 0 spiro atoms. The first-order valence-corrected chi connectivity index (χ1v) is 6.76. The minimum absolute atomic E-state index is 0.748. The molecular formula is C14H27N3. The summed E-state index contributed by atoms with van der Waals surface area (Å²) in [5.41, 5.74) is 1.36. The second kappa shape index (κ2) is 7.49. The van der Waals surface area contributed by atoms with Gasteiger partial charge in [0.05, 0.1) is 6.20 Å². The van der Waals surface area contributed by atoms with Gasteiger partial charge in [-0.2, -0.15) is 5.10 Å². The molecule has 98 valence electrons. The lowest BCUT2D eigenvalue weighted by Gasteiger charge is -2.13. The Morgan fingerprint density at radius 2 is 2.06 bits per heavy atom. The van der Waals surface area contributed by atoms with Gasteiger partial charge >= 0.3 is 0 Å². The summed E-state index contributed by atoms with van der Waals surface area (Å²) in [5, 5.41) is 7.71. The van der Waals surface area contributed by atoms with Crippen LogP contribution in [0.2, 0.25) is 0 Å². The fourth-order valence-electron chi connectivity index (χ4n) is 1.98. The van der Waals surface area contributed by atoms with Crippen LogP contribution in [0, 0.1) is 11.8 Å². The standard InChI is InChI=1S/C14H27N3/c1-12(2)8-15-9-13(3)6-5-7-14-10-16-17(4)11-14/h10-13,15H,5-9H2,1-4H3. The Labute approximate surface area is 106 Å². The van der Waals surface area contributed by atoms with E-state index in [1.54, 1.807) is 0 Å². The summed E-state index contributed by atoms with van der Waals surface area (Å²) in [7, 11) is 1.97. The van der Waals surface area contributed by atoms with E-state index in [4.69, 9.17) is 0 Å². The molecule has 0 aliphatic carbocycles. The zero-order valence-corrected chi connectivity index (χ0v) is 11.7. The van der Waals surface area contributed by atoms with E-state index < -0.39 is 0 Å². The molecule has 3 nitrogen and oxygen atoms in total. The van der Waals surface area contributed by atoms with Crippen LogP contribution >= 0.6 is 0 Å². The van der Waals surface area contributed by atoms with Gasteiger partial charge < -0.3 is 5.32 Å². The highest BCUT2D eigenvalue weighted by Gasteiger charge is 2.03. The summed E-state index contributed by atoms with van der Waals surface area (Å²) >= 11 is 0. The Hall–Kier alpha value is -0.830. The van der Waals surface area contributed by atoms with Gasteiger partial charge in [-0.1, -0.05) is 20.8 Å². The summed E-state index contributed by atoms with van der Waals surface area (Å²) in [6, 6.07) is 0. The highest BCUT2D eigenvalue weighted by Crippen LogP contribution is 2.09. The van der Waals surface area contributed by atoms with Crippen LogP contribution in [0.5, 0.6) is 0 Å². The lowest BCUT2D eigenvalue weighted by atomic mass is 10.0. The maximum Gasteiger partial charge on any atom is 0.0521 e. The summed E-state index contributed by atoms with van der Waals surface area (Å²) < 4.78 is 1.88. The van der Waals surface area contributed by atoms with Gasteiger partial charge in [0.15, 0.2) is 0 Å². The van der Waals surface area contributed by atoms with Crippen molar-refractivity contribution in [1.82, 2.24) is 15.1 Å². The Bertz CT molecular complexity index is 304. The van der Waals surface area contributed by atoms with Crippen molar-refractivity contribution in [3.05, 3.63) is 18.0 Å². The van der Waals surface area contributed by atoms with E-state index in [1.165, 1.54) is 18.4 Å². The third-order valence-electron chi connectivity index (χ3n) is 2.97. The molecule has 0 aliphatic rings. The largest absolute Gasteiger partial charge is 0.316 e. The van der Waals surface area contributed by atoms with Gasteiger partial charge in [0, 0.05) is 13.2 Å². The maximum atomic E-state index is 4.19. The molecular weight excluding hydrogens is 210 g/mol. The van der Waals surface area contributed by atoms with Gasteiger partial charge in [-0.05, 0) is 49.8 Å². The second-order valence-electron chi connectivity index (χ2n) is 5.57. The zero-order valence-electron chi connectivity index (χ0n) is 11.7. The van der Waals surface area contributed by atoms with Crippen molar-refractivity contribution < 1.29 is 0 Å². The van der Waals surface area contributed by atoms with Crippen molar-refractivity contribution in [2.45, 2.75) is 40.0 Å². The minimum Gasteiger partial charge on any atom is -0.316 e. The van der Waals surface area contributed by atoms with Crippen LogP contribution in [0.3, 0.4) is 0 Å². The SMILES string of the molecule is CC(C)CNCC(C)CCCc1cnn(C)c1. The van der Waals surface area contributed by atoms with Crippen LogP contribution in [0.1, 0.15) is 39.2 Å². The van der Waals surface area contributed by atoms with Gasteiger partial charge in [-0.3, -0.25) is 4.68 Å². The molecule has 0 aromatic carbocycles. The molecule has 1 atom stereocenters. The number of nitrogens with one attached hydrogen (secondary N) is 1. The van der Waals surface area contributed by atoms with Gasteiger partial charge in [0.25, 0.3) is 0 Å². The van der Waals surface area contributed by atoms with E-state index in [2.05, 4.69) is 37.4 Å². The molecule has 0 bridgehead atoms. The first kappa shape index (κ1) is 14.2. The molecule has 1 unspecified atom stereocenters. The van der Waals surface area contributed by atoms with Crippen molar-refractivity contribution in [2.75, 3.05) is 13.1 Å². The molecule has 1 rings (SSSR count). The van der Waals surface area contributed by atoms with Crippen LogP contribution in [-0.2, 0) is 13.5 Å². The van der Waals surface area contributed by atoms with Crippen LogP contribution in [-0.4, -0.2) is 22.9 Å². The van der Waals surface area contributed by atoms with Crippen molar-refractivity contribution in [3.8, 4) is 0 Å². The molecule has 1 aromatic rings. The second-order valence-corrected chi connectivity index (χ2v) is 5.57. The Morgan fingerprint density at radius 1 is 1.29 bits per heavy atom. The normalized spacial score (nSPS) is 13.2. The van der Waals surface area contributed by atoms with Crippen LogP contribution in [0.4, 0.5) is 0 Å². The third kappa shape index (κ3) is 6.47. The minimum atomic E-state index is 0.748. The van der Waals surface area contributed by atoms with E-state index in [0.29, 0.717) is 0 Å². The van der Waals surface area contributed by atoms with Crippen LogP contribution in [0.15, 0.2) is 12.4 Å². The van der Waals surface area contributed by atoms with E-state index in [0.717, 1.165) is 31.3 Å². The summed E-state index contributed by atoms with van der Waals surface area (Å²) in [4.78, 5) is 0. The molecule has 0 aliphatic heterocycles. The average Bonchev–Trinajstić information content (AvgIpc) is 2.63. The van der Waals surface area contributed by atoms with E-state index in [1.807, 2.05) is 17.9 Å². The molecule has 3 heteroatoms. The van der Waals surface area contributed by atoms with Gasteiger partial charge in [-0.25, -0.2) is 0 Å². The zero-order chi connectivity index (χ0) is 12.7. The number of aryl methyl sites for hydroxylation is 2. The maximum absolute atomic E-state index is 4.19. The first-order chi connectivity index (χ1) is 8.08. The molecule has 0 amide bonds. The van der Waals surface area contributed by atoms with Crippen LogP contribution < -0.4 is 5.32 Å². The smallest absolute Gasteiger partial charge is 0.0521 e. The Morgan fingerprint density at radius 3 is 2.65 bits per heavy atom. The van der Waals surface area contributed by atoms with E-state index >= 15 is 0 Å². The molecule has 1 N–H and O–H groups in total. The van der Waals surface area contributed by atoms with Crippen molar-refractivity contribution in [2.24, 2.45) is 18.9 Å². The molecule has 0 saturated carbocycles. The number of nitrogens with zero attached hydrogens (tertiary/aromatic N) is 2. The van der Waals surface area contributed by atoms with Crippen molar-refractivity contribution >= 4 is 0 Å². The average molecular weight is 237 g/mol. The monoisotopic (exact) mass is 237 g/mol. The van der Waals surface area contributed by atoms with E-state index in [9.17, 15) is 0 Å². The number of hydrogen-bond donors (Lipinski definition) is 1. The molecule has 0 radical (unpaired) electrons. The highest BCUT2D eigenvalue weighted by molar-refractivity contribution is 5.03. The summed E-state index contributed by atoms with van der Waals surface area (Å²) in [5.74, 6) is 1.52. The van der Waals surface area contributed by atoms with Crippen molar-refractivity contribution in [3.63, 3.8) is 0 Å². The number of aromatic nitrogens is 2. The van der Waals surface area contributed by atoms with Crippen molar-refractivity contribution in [1.29, 1.82) is 0 Å². The fourth-order valence-corrected chi connectivity index (χ4v) is 1.98. The number of rotatable bonds is 8. The fraction of sp³-hybridized carbons (Fsp3) is 0.786. The summed E-state index contributed by atoms with van der Waals surface area (Å²) in [6.45, 7) is 9.11. The highest BCUT2D eigenvalue weighted by atomic mass is 15.2.